The zero-order valence-corrected chi connectivity index (χ0v) is 22.6. The highest BCUT2D eigenvalue weighted by Crippen LogP contribution is 2.19. The average molecular weight is 574 g/mol. The van der Waals surface area contributed by atoms with Gasteiger partial charge in [-0.3, -0.25) is 14.4 Å². The Kier molecular flexibility index (Phi) is 10.7. The van der Waals surface area contributed by atoms with Gasteiger partial charge in [-0.1, -0.05) is 30.3 Å². The van der Waals surface area contributed by atoms with E-state index in [1.54, 1.807) is 18.3 Å². The van der Waals surface area contributed by atoms with Crippen LogP contribution < -0.4 is 21.7 Å². The minimum atomic E-state index is -1.29. The average Bonchev–Trinajstić information content (AvgIpc) is 3.33. The third kappa shape index (κ3) is 8.15. The molecule has 39 heavy (non-hydrogen) atoms. The van der Waals surface area contributed by atoms with Crippen molar-refractivity contribution in [2.75, 3.05) is 11.5 Å². The van der Waals surface area contributed by atoms with Crippen LogP contribution in [0.15, 0.2) is 54.7 Å². The molecule has 3 rings (SSSR count). The van der Waals surface area contributed by atoms with E-state index < -0.39 is 47.9 Å². The van der Waals surface area contributed by atoms with E-state index >= 15 is 0 Å². The van der Waals surface area contributed by atoms with Gasteiger partial charge in [0.25, 0.3) is 0 Å². The number of H-pyrrole nitrogens is 1. The second kappa shape index (κ2) is 13.9. The van der Waals surface area contributed by atoms with Crippen molar-refractivity contribution in [3.05, 3.63) is 65.9 Å². The predicted octanol–water partition coefficient (Wildman–Crippen LogP) is 0.385. The van der Waals surface area contributed by atoms with Gasteiger partial charge in [-0.05, 0) is 35.7 Å². The summed E-state index contributed by atoms with van der Waals surface area (Å²) in [4.78, 5) is 53.2. The van der Waals surface area contributed by atoms with Crippen molar-refractivity contribution < 1.29 is 29.4 Å². The summed E-state index contributed by atoms with van der Waals surface area (Å²) in [6.07, 6.45) is 1.97. The number of thiol groups is 2. The molecular weight excluding hydrogens is 542 g/mol. The Morgan fingerprint density at radius 1 is 0.821 bits per heavy atom. The van der Waals surface area contributed by atoms with Crippen molar-refractivity contribution in [3.63, 3.8) is 0 Å². The maximum Gasteiger partial charge on any atom is 0.326 e. The highest BCUT2D eigenvalue weighted by atomic mass is 32.1. The first-order valence-electron chi connectivity index (χ1n) is 12.1. The predicted molar refractivity (Wildman–Crippen MR) is 153 cm³/mol. The van der Waals surface area contributed by atoms with Gasteiger partial charge in [-0.25, -0.2) is 4.79 Å². The molecule has 0 radical (unpaired) electrons. The highest BCUT2D eigenvalue weighted by molar-refractivity contribution is 7.80. The van der Waals surface area contributed by atoms with E-state index in [9.17, 15) is 29.4 Å². The molecule has 2 aromatic carbocycles. The zero-order chi connectivity index (χ0) is 28.5. The fourth-order valence-electron chi connectivity index (χ4n) is 3.91. The number of fused-ring (bicyclic) bond motifs is 1. The number of carbonyl (C=O) groups is 4. The van der Waals surface area contributed by atoms with Crippen molar-refractivity contribution in [1.29, 1.82) is 0 Å². The van der Waals surface area contributed by atoms with E-state index in [1.807, 2.05) is 24.3 Å². The number of amides is 3. The number of phenols is 1. The lowest BCUT2D eigenvalue weighted by molar-refractivity contribution is -0.142. The summed E-state index contributed by atoms with van der Waals surface area (Å²) in [6.45, 7) is 0. The number of benzene rings is 2. The molecule has 3 amide bonds. The minimum absolute atomic E-state index is 0.0252. The quantitative estimate of drug-likeness (QED) is 0.132. The van der Waals surface area contributed by atoms with E-state index in [4.69, 9.17) is 5.73 Å². The molecule has 11 nitrogen and oxygen atoms in total. The van der Waals surface area contributed by atoms with Gasteiger partial charge in [-0.2, -0.15) is 25.3 Å². The Bertz CT molecular complexity index is 1320. The maximum atomic E-state index is 12.9. The normalized spacial score (nSPS) is 14.1. The monoisotopic (exact) mass is 573 g/mol. The molecule has 0 aliphatic heterocycles. The molecule has 13 heteroatoms. The molecule has 0 aliphatic rings. The molecular formula is C26H31N5O6S2. The minimum Gasteiger partial charge on any atom is -0.508 e. The number of hydrogen-bond acceptors (Lipinski definition) is 8. The van der Waals surface area contributed by atoms with E-state index in [-0.39, 0.29) is 30.1 Å². The Morgan fingerprint density at radius 2 is 1.38 bits per heavy atom. The number of aromatic hydroxyl groups is 1. The Balaban J connectivity index is 1.58. The van der Waals surface area contributed by atoms with Crippen LogP contribution in [0, 0.1) is 0 Å². The third-order valence-electron chi connectivity index (χ3n) is 6.07. The van der Waals surface area contributed by atoms with Gasteiger partial charge in [0.05, 0.1) is 6.04 Å². The molecule has 1 aromatic heterocycles. The lowest BCUT2D eigenvalue weighted by atomic mass is 10.0. The van der Waals surface area contributed by atoms with Crippen molar-refractivity contribution in [3.8, 4) is 5.75 Å². The largest absolute Gasteiger partial charge is 0.508 e. The van der Waals surface area contributed by atoms with Crippen molar-refractivity contribution in [2.24, 2.45) is 5.73 Å². The van der Waals surface area contributed by atoms with Crippen molar-refractivity contribution in [2.45, 2.75) is 37.0 Å². The van der Waals surface area contributed by atoms with Gasteiger partial charge in [0.15, 0.2) is 0 Å². The smallest absolute Gasteiger partial charge is 0.326 e. The second-order valence-corrected chi connectivity index (χ2v) is 9.66. The maximum absolute atomic E-state index is 12.9. The summed E-state index contributed by atoms with van der Waals surface area (Å²) in [5.74, 6) is -3.47. The molecule has 4 atom stereocenters. The summed E-state index contributed by atoms with van der Waals surface area (Å²) >= 11 is 8.26. The third-order valence-corrected chi connectivity index (χ3v) is 6.80. The molecule has 1 heterocycles. The Hall–Kier alpha value is -3.68. The van der Waals surface area contributed by atoms with Gasteiger partial charge in [-0.15, -0.1) is 0 Å². The van der Waals surface area contributed by atoms with Crippen LogP contribution in [0.25, 0.3) is 10.9 Å². The van der Waals surface area contributed by atoms with Crippen LogP contribution in [-0.4, -0.2) is 74.6 Å². The van der Waals surface area contributed by atoms with Gasteiger partial charge in [0.1, 0.15) is 23.9 Å². The molecule has 0 fully saturated rings. The summed E-state index contributed by atoms with van der Waals surface area (Å²) in [6, 6.07) is 8.98. The van der Waals surface area contributed by atoms with E-state index in [2.05, 4.69) is 46.2 Å². The SMILES string of the molecule is NC(Cc1c[nH]c2ccccc12)C(=O)NC(CS)C(=O)NC(CS)C(=O)NC(Cc1ccc(O)cc1)C(=O)O. The van der Waals surface area contributed by atoms with Crippen molar-refractivity contribution >= 4 is 59.9 Å². The number of nitrogens with one attached hydrogen (secondary N) is 4. The number of hydrogen-bond donors (Lipinski definition) is 9. The summed E-state index contributed by atoms with van der Waals surface area (Å²) < 4.78 is 0. The molecule has 4 unspecified atom stereocenters. The Labute approximate surface area is 235 Å². The molecule has 3 aromatic rings. The lowest BCUT2D eigenvalue weighted by Crippen LogP contribution is -2.58. The van der Waals surface area contributed by atoms with E-state index in [0.29, 0.717) is 5.56 Å². The van der Waals surface area contributed by atoms with Crippen LogP contribution in [-0.2, 0) is 32.0 Å². The molecule has 0 saturated heterocycles. The van der Waals surface area contributed by atoms with E-state index in [1.165, 1.54) is 12.1 Å². The van der Waals surface area contributed by atoms with Gasteiger partial charge < -0.3 is 36.9 Å². The van der Waals surface area contributed by atoms with Gasteiger partial charge >= 0.3 is 5.97 Å². The first-order valence-corrected chi connectivity index (χ1v) is 13.3. The number of para-hydroxylation sites is 1. The molecule has 0 bridgehead atoms. The summed E-state index contributed by atoms with van der Waals surface area (Å²) in [5.41, 5.74) is 8.45. The first-order chi connectivity index (χ1) is 18.6. The van der Waals surface area contributed by atoms with Crippen LogP contribution in [0.1, 0.15) is 11.1 Å². The fourth-order valence-corrected chi connectivity index (χ4v) is 4.42. The van der Waals surface area contributed by atoms with Gasteiger partial charge in [0.2, 0.25) is 17.7 Å². The summed E-state index contributed by atoms with van der Waals surface area (Å²) in [5, 5.41) is 27.3. The van der Waals surface area contributed by atoms with Crippen LogP contribution in [0.3, 0.4) is 0 Å². The van der Waals surface area contributed by atoms with Crippen LogP contribution in [0.2, 0.25) is 0 Å². The molecule has 0 saturated carbocycles. The number of nitrogens with two attached hydrogens (primary N) is 1. The molecule has 8 N–H and O–H groups in total. The highest BCUT2D eigenvalue weighted by Gasteiger charge is 2.29. The number of carboxylic acids is 1. The number of phenolic OH excluding ortho intramolecular Hbond substituents is 1. The molecule has 0 spiro atoms. The first kappa shape index (κ1) is 29.9. The lowest BCUT2D eigenvalue weighted by Gasteiger charge is -2.23. The standard InChI is InChI=1S/C26H31N5O6S2/c27-18(10-15-11-28-19-4-2-1-3-17(15)19)23(33)30-21(12-38)25(35)31-22(13-39)24(34)29-20(26(36)37)9-14-5-7-16(32)8-6-14/h1-8,11,18,20-22,28,32,38-39H,9-10,12-13,27H2,(H,29,34)(H,30,33)(H,31,35)(H,36,37). The van der Waals surface area contributed by atoms with Crippen LogP contribution >= 0.6 is 25.3 Å². The number of aromatic nitrogens is 1. The van der Waals surface area contributed by atoms with Crippen molar-refractivity contribution in [1.82, 2.24) is 20.9 Å². The second-order valence-electron chi connectivity index (χ2n) is 8.93. The summed E-state index contributed by atoms with van der Waals surface area (Å²) in [7, 11) is 0. The zero-order valence-electron chi connectivity index (χ0n) is 20.8. The number of aliphatic carboxylic acids is 1. The molecule has 208 valence electrons. The van der Waals surface area contributed by atoms with Crippen LogP contribution in [0.4, 0.5) is 0 Å². The number of aromatic amines is 1. The number of carboxylic acid groups (broad SMARTS) is 1. The topological polar surface area (TPSA) is 187 Å². The van der Waals surface area contributed by atoms with Crippen LogP contribution in [0.5, 0.6) is 5.75 Å². The molecule has 0 aliphatic carbocycles. The Morgan fingerprint density at radius 3 is 1.97 bits per heavy atom. The van der Waals surface area contributed by atoms with E-state index in [0.717, 1.165) is 16.5 Å². The number of rotatable bonds is 13. The van der Waals surface area contributed by atoms with Gasteiger partial charge in [0, 0.05) is 35.0 Å². The number of carbonyl (C=O) groups excluding carboxylic acids is 3. The fraction of sp³-hybridized carbons (Fsp3) is 0.308.